The second-order valence-corrected chi connectivity index (χ2v) is 5.94. The molecule has 9 heteroatoms. The number of hydrogen-bond donors (Lipinski definition) is 2. The Morgan fingerprint density at radius 3 is 2.52 bits per heavy atom. The van der Waals surface area contributed by atoms with Gasteiger partial charge in [-0.15, -0.1) is 0 Å². The Balaban J connectivity index is 2.85. The summed E-state index contributed by atoms with van der Waals surface area (Å²) in [6.07, 6.45) is -0.0780. The molecule has 0 saturated heterocycles. The molecule has 0 spiro atoms. The summed E-state index contributed by atoms with van der Waals surface area (Å²) in [7, 11) is -1.38. The number of primary amides is 1. The van der Waals surface area contributed by atoms with Gasteiger partial charge in [0.25, 0.3) is 5.91 Å². The number of nitrogens with two attached hydrogens (primary N) is 1. The average Bonchev–Trinajstić information content (AvgIpc) is 2.44. The lowest BCUT2D eigenvalue weighted by atomic mass is 10.2. The molecule has 1 amide bonds. The summed E-state index contributed by atoms with van der Waals surface area (Å²) in [6, 6.07) is 5.97. The Labute approximate surface area is 123 Å². The van der Waals surface area contributed by atoms with Gasteiger partial charge in [-0.25, -0.2) is 0 Å². The molecule has 1 aromatic rings. The fourth-order valence-corrected chi connectivity index (χ4v) is 2.42. The third-order valence-corrected chi connectivity index (χ3v) is 4.18. The summed E-state index contributed by atoms with van der Waals surface area (Å²) < 4.78 is 31.8. The van der Waals surface area contributed by atoms with Gasteiger partial charge in [0.05, 0.1) is 24.8 Å². The number of rotatable bonds is 7. The summed E-state index contributed by atoms with van der Waals surface area (Å²) in [5, 5.41) is 0. The van der Waals surface area contributed by atoms with E-state index in [9.17, 15) is 18.0 Å². The topological polar surface area (TPSA) is 119 Å². The lowest BCUT2D eigenvalue weighted by molar-refractivity contribution is -0.140. The van der Waals surface area contributed by atoms with Crippen molar-refractivity contribution in [3.63, 3.8) is 0 Å². The van der Waals surface area contributed by atoms with Gasteiger partial charge in [0.15, 0.2) is 0 Å². The van der Waals surface area contributed by atoms with Crippen molar-refractivity contribution in [3.05, 3.63) is 29.8 Å². The Bertz CT molecular complexity index is 630. The van der Waals surface area contributed by atoms with Gasteiger partial charge >= 0.3 is 16.2 Å². The third kappa shape index (κ3) is 4.72. The zero-order chi connectivity index (χ0) is 16.0. The first-order valence-electron chi connectivity index (χ1n) is 5.97. The molecule has 116 valence electrons. The second-order valence-electron chi connectivity index (χ2n) is 4.16. The van der Waals surface area contributed by atoms with Gasteiger partial charge in [0, 0.05) is 13.6 Å². The molecule has 0 radical (unpaired) electrons. The van der Waals surface area contributed by atoms with E-state index in [1.807, 2.05) is 0 Å². The molecule has 1 rings (SSSR count). The predicted molar refractivity (Wildman–Crippen MR) is 76.8 cm³/mol. The number of hydrogen-bond acceptors (Lipinski definition) is 5. The summed E-state index contributed by atoms with van der Waals surface area (Å²) in [4.78, 5) is 22.3. The average molecular weight is 315 g/mol. The van der Waals surface area contributed by atoms with Gasteiger partial charge in [-0.05, 0) is 12.1 Å². The molecule has 0 saturated carbocycles. The van der Waals surface area contributed by atoms with Crippen LogP contribution in [0.3, 0.4) is 0 Å². The van der Waals surface area contributed by atoms with Crippen molar-refractivity contribution < 1.29 is 22.7 Å². The Kier molecular flexibility index (Phi) is 5.68. The van der Waals surface area contributed by atoms with Crippen LogP contribution in [0.15, 0.2) is 24.3 Å². The van der Waals surface area contributed by atoms with Crippen molar-refractivity contribution in [2.45, 2.75) is 6.42 Å². The molecule has 1 aromatic carbocycles. The number of amides is 1. The smallest absolute Gasteiger partial charge is 0.306 e. The Morgan fingerprint density at radius 2 is 1.95 bits per heavy atom. The van der Waals surface area contributed by atoms with Crippen LogP contribution in [0.5, 0.6) is 0 Å². The van der Waals surface area contributed by atoms with Crippen LogP contribution in [0, 0.1) is 0 Å². The normalized spacial score (nSPS) is 11.2. The minimum atomic E-state index is -3.91. The molecular weight excluding hydrogens is 298 g/mol. The molecule has 0 aliphatic heterocycles. The Morgan fingerprint density at radius 1 is 1.33 bits per heavy atom. The number of anilines is 1. The van der Waals surface area contributed by atoms with Crippen LogP contribution >= 0.6 is 0 Å². The number of carbonyl (C=O) groups is 2. The van der Waals surface area contributed by atoms with E-state index in [0.29, 0.717) is 0 Å². The number of esters is 1. The Hall–Kier alpha value is -2.13. The van der Waals surface area contributed by atoms with E-state index in [0.717, 1.165) is 4.31 Å². The largest absolute Gasteiger partial charge is 0.469 e. The first kappa shape index (κ1) is 16.9. The fraction of sp³-hybridized carbons (Fsp3) is 0.333. The molecule has 8 nitrogen and oxygen atoms in total. The number of methoxy groups -OCH3 is 1. The summed E-state index contributed by atoms with van der Waals surface area (Å²) in [5.41, 5.74) is 5.31. The molecule has 0 aliphatic rings. The zero-order valence-electron chi connectivity index (χ0n) is 11.7. The number of nitrogens with zero attached hydrogens (tertiary/aromatic N) is 1. The molecule has 0 heterocycles. The highest BCUT2D eigenvalue weighted by Gasteiger charge is 2.20. The molecule has 3 N–H and O–H groups in total. The van der Waals surface area contributed by atoms with Gasteiger partial charge in [-0.3, -0.25) is 14.3 Å². The fourth-order valence-electron chi connectivity index (χ4n) is 1.47. The number of para-hydroxylation sites is 1. The first-order chi connectivity index (χ1) is 9.77. The van der Waals surface area contributed by atoms with Crippen LogP contribution in [0.4, 0.5) is 5.69 Å². The van der Waals surface area contributed by atoms with Crippen molar-refractivity contribution in [2.24, 2.45) is 5.73 Å². The standard InChI is InChI=1S/C12H17N3O5S/c1-15(8-7-11(16)20-2)21(18,19)14-10-6-4-3-5-9(10)12(13)17/h3-6,14H,7-8H2,1-2H3,(H2,13,17). The van der Waals surface area contributed by atoms with Crippen molar-refractivity contribution in [1.29, 1.82) is 0 Å². The molecule has 0 bridgehead atoms. The summed E-state index contributed by atoms with van der Waals surface area (Å²) >= 11 is 0. The lowest BCUT2D eigenvalue weighted by Crippen LogP contribution is -2.34. The van der Waals surface area contributed by atoms with Crippen LogP contribution in [0.1, 0.15) is 16.8 Å². The maximum Gasteiger partial charge on any atom is 0.306 e. The predicted octanol–water partition coefficient (Wildman–Crippen LogP) is -0.0629. The quantitative estimate of drug-likeness (QED) is 0.683. The third-order valence-electron chi connectivity index (χ3n) is 2.70. The van der Waals surface area contributed by atoms with E-state index in [1.165, 1.54) is 26.3 Å². The van der Waals surface area contributed by atoms with Crippen LogP contribution in [-0.2, 0) is 19.7 Å². The van der Waals surface area contributed by atoms with Crippen molar-refractivity contribution in [2.75, 3.05) is 25.4 Å². The monoisotopic (exact) mass is 315 g/mol. The highest BCUT2D eigenvalue weighted by Crippen LogP contribution is 2.17. The highest BCUT2D eigenvalue weighted by molar-refractivity contribution is 7.90. The zero-order valence-corrected chi connectivity index (χ0v) is 12.5. The molecule has 0 unspecified atom stereocenters. The first-order valence-corrected chi connectivity index (χ1v) is 7.41. The number of carbonyl (C=O) groups excluding carboxylic acids is 2. The molecular formula is C12H17N3O5S. The number of benzene rings is 1. The SMILES string of the molecule is COC(=O)CCN(C)S(=O)(=O)Nc1ccccc1C(N)=O. The number of ether oxygens (including phenoxy) is 1. The van der Waals surface area contributed by atoms with Gasteiger partial charge in [0.2, 0.25) is 0 Å². The van der Waals surface area contributed by atoms with Crippen LogP contribution in [-0.4, -0.2) is 45.3 Å². The van der Waals surface area contributed by atoms with E-state index in [1.54, 1.807) is 12.1 Å². The van der Waals surface area contributed by atoms with E-state index in [2.05, 4.69) is 9.46 Å². The van der Waals surface area contributed by atoms with E-state index in [4.69, 9.17) is 5.73 Å². The van der Waals surface area contributed by atoms with Gasteiger partial charge in [-0.1, -0.05) is 12.1 Å². The van der Waals surface area contributed by atoms with E-state index >= 15 is 0 Å². The molecule has 0 atom stereocenters. The molecule has 0 fully saturated rings. The van der Waals surface area contributed by atoms with Crippen LogP contribution in [0.25, 0.3) is 0 Å². The van der Waals surface area contributed by atoms with Crippen molar-refractivity contribution in [3.8, 4) is 0 Å². The van der Waals surface area contributed by atoms with Crippen molar-refractivity contribution in [1.82, 2.24) is 4.31 Å². The van der Waals surface area contributed by atoms with Gasteiger partial charge in [-0.2, -0.15) is 12.7 Å². The molecule has 21 heavy (non-hydrogen) atoms. The molecule has 0 aliphatic carbocycles. The molecule has 0 aromatic heterocycles. The van der Waals surface area contributed by atoms with E-state index < -0.39 is 22.1 Å². The summed E-state index contributed by atoms with van der Waals surface area (Å²) in [6.45, 7) is -0.0548. The maximum atomic E-state index is 12.1. The van der Waals surface area contributed by atoms with Crippen molar-refractivity contribution >= 4 is 27.8 Å². The minimum absolute atomic E-state index is 0.0548. The maximum absolute atomic E-state index is 12.1. The lowest BCUT2D eigenvalue weighted by Gasteiger charge is -2.18. The minimum Gasteiger partial charge on any atom is -0.469 e. The second kappa shape index (κ2) is 7.04. The number of nitrogens with one attached hydrogen (secondary N) is 1. The van der Waals surface area contributed by atoms with E-state index in [-0.39, 0.29) is 24.2 Å². The van der Waals surface area contributed by atoms with Gasteiger partial charge < -0.3 is 10.5 Å². The van der Waals surface area contributed by atoms with Gasteiger partial charge in [0.1, 0.15) is 0 Å². The van der Waals surface area contributed by atoms with Crippen LogP contribution < -0.4 is 10.5 Å². The van der Waals surface area contributed by atoms with Crippen LogP contribution in [0.2, 0.25) is 0 Å². The highest BCUT2D eigenvalue weighted by atomic mass is 32.2. The summed E-state index contributed by atoms with van der Waals surface area (Å²) in [5.74, 6) is -1.26.